The van der Waals surface area contributed by atoms with Crippen molar-refractivity contribution in [3.05, 3.63) is 64.7 Å². The van der Waals surface area contributed by atoms with Crippen LogP contribution in [0, 0.1) is 11.6 Å². The molecule has 114 valence electrons. The number of nitrogens with one attached hydrogen (secondary N) is 1. The van der Waals surface area contributed by atoms with Crippen LogP contribution in [0.5, 0.6) is 0 Å². The van der Waals surface area contributed by atoms with Crippen LogP contribution in [0.1, 0.15) is 40.4 Å². The van der Waals surface area contributed by atoms with Gasteiger partial charge < -0.3 is 10.4 Å². The molecule has 0 fully saturated rings. The first-order valence-corrected chi connectivity index (χ1v) is 7.12. The van der Waals surface area contributed by atoms with Gasteiger partial charge in [0.25, 0.3) is 5.91 Å². The van der Waals surface area contributed by atoms with Crippen molar-refractivity contribution in [3.8, 4) is 0 Å². The van der Waals surface area contributed by atoms with Gasteiger partial charge in [0.15, 0.2) is 0 Å². The highest BCUT2D eigenvalue weighted by molar-refractivity contribution is 6.04. The van der Waals surface area contributed by atoms with E-state index >= 15 is 0 Å². The standard InChI is InChI=1S/C17H15F2NO2/c18-13-4-2-5-14(19)16(13)17(22)20-11-7-8-12-10(9-11)3-1-6-15(12)21/h2,4-5,7-9,15,21H,1,3,6H2,(H,20,22). The summed E-state index contributed by atoms with van der Waals surface area (Å²) in [5, 5.41) is 12.4. The summed E-state index contributed by atoms with van der Waals surface area (Å²) < 4.78 is 27.2. The Bertz CT molecular complexity index is 710. The Morgan fingerprint density at radius 1 is 1.18 bits per heavy atom. The molecule has 5 heteroatoms. The predicted molar refractivity (Wildman–Crippen MR) is 78.7 cm³/mol. The molecule has 2 aromatic carbocycles. The van der Waals surface area contributed by atoms with E-state index in [0.717, 1.165) is 42.5 Å². The summed E-state index contributed by atoms with van der Waals surface area (Å²) >= 11 is 0. The van der Waals surface area contributed by atoms with Gasteiger partial charge in [0, 0.05) is 5.69 Å². The first kappa shape index (κ1) is 14.7. The summed E-state index contributed by atoms with van der Waals surface area (Å²) in [6.45, 7) is 0. The number of fused-ring (bicyclic) bond motifs is 1. The van der Waals surface area contributed by atoms with E-state index in [0.29, 0.717) is 5.69 Å². The number of amides is 1. The lowest BCUT2D eigenvalue weighted by Gasteiger charge is -2.22. The van der Waals surface area contributed by atoms with Crippen LogP contribution in [0.15, 0.2) is 36.4 Å². The van der Waals surface area contributed by atoms with Gasteiger partial charge in [-0.25, -0.2) is 8.78 Å². The molecule has 0 saturated carbocycles. The molecule has 2 N–H and O–H groups in total. The quantitative estimate of drug-likeness (QED) is 0.891. The van der Waals surface area contributed by atoms with Crippen molar-refractivity contribution in [3.63, 3.8) is 0 Å². The Labute approximate surface area is 126 Å². The Morgan fingerprint density at radius 3 is 2.64 bits per heavy atom. The lowest BCUT2D eigenvalue weighted by Crippen LogP contribution is -2.17. The average Bonchev–Trinajstić information content (AvgIpc) is 2.47. The number of aliphatic hydroxyl groups is 1. The van der Waals surface area contributed by atoms with Gasteiger partial charge in [-0.05, 0) is 54.7 Å². The summed E-state index contributed by atoms with van der Waals surface area (Å²) in [6.07, 6.45) is 1.91. The zero-order valence-corrected chi connectivity index (χ0v) is 11.8. The van der Waals surface area contributed by atoms with Crippen molar-refractivity contribution in [2.75, 3.05) is 5.32 Å². The molecule has 1 unspecified atom stereocenters. The van der Waals surface area contributed by atoms with Crippen LogP contribution < -0.4 is 5.32 Å². The number of carbonyl (C=O) groups excluding carboxylic acids is 1. The minimum absolute atomic E-state index is 0.459. The van der Waals surface area contributed by atoms with Crippen LogP contribution in [0.25, 0.3) is 0 Å². The van der Waals surface area contributed by atoms with Crippen molar-refractivity contribution < 1.29 is 18.7 Å². The monoisotopic (exact) mass is 303 g/mol. The molecule has 0 saturated heterocycles. The first-order chi connectivity index (χ1) is 10.6. The number of aryl methyl sites for hydroxylation is 1. The average molecular weight is 303 g/mol. The summed E-state index contributed by atoms with van der Waals surface area (Å²) in [7, 11) is 0. The van der Waals surface area contributed by atoms with E-state index in [1.165, 1.54) is 6.07 Å². The summed E-state index contributed by atoms with van der Waals surface area (Å²) in [5.74, 6) is -2.62. The van der Waals surface area contributed by atoms with E-state index in [1.807, 2.05) is 0 Å². The Balaban J connectivity index is 1.86. The lowest BCUT2D eigenvalue weighted by atomic mass is 9.89. The Hall–Kier alpha value is -2.27. The third-order valence-corrected chi connectivity index (χ3v) is 3.87. The Morgan fingerprint density at radius 2 is 1.91 bits per heavy atom. The van der Waals surface area contributed by atoms with E-state index in [4.69, 9.17) is 0 Å². The zero-order chi connectivity index (χ0) is 15.7. The smallest absolute Gasteiger partial charge is 0.261 e. The van der Waals surface area contributed by atoms with Crippen LogP contribution in [0.4, 0.5) is 14.5 Å². The SMILES string of the molecule is O=C(Nc1ccc2c(c1)CCCC2O)c1c(F)cccc1F. The molecule has 0 radical (unpaired) electrons. The van der Waals surface area contributed by atoms with E-state index < -0.39 is 29.2 Å². The minimum Gasteiger partial charge on any atom is -0.388 e. The molecule has 0 aromatic heterocycles. The zero-order valence-electron chi connectivity index (χ0n) is 11.8. The topological polar surface area (TPSA) is 49.3 Å². The van der Waals surface area contributed by atoms with Gasteiger partial charge in [-0.15, -0.1) is 0 Å². The van der Waals surface area contributed by atoms with Gasteiger partial charge in [0.05, 0.1) is 6.10 Å². The number of hydrogen-bond acceptors (Lipinski definition) is 2. The van der Waals surface area contributed by atoms with Crippen molar-refractivity contribution in [2.24, 2.45) is 0 Å². The fourth-order valence-corrected chi connectivity index (χ4v) is 2.77. The number of benzene rings is 2. The lowest BCUT2D eigenvalue weighted by molar-refractivity contribution is 0.101. The summed E-state index contributed by atoms with van der Waals surface area (Å²) in [6, 6.07) is 8.41. The third kappa shape index (κ3) is 2.72. The molecule has 2 aromatic rings. The molecule has 0 bridgehead atoms. The molecule has 0 aliphatic heterocycles. The molecule has 1 aliphatic rings. The van der Waals surface area contributed by atoms with Crippen LogP contribution in [0.3, 0.4) is 0 Å². The second-order valence-corrected chi connectivity index (χ2v) is 5.37. The predicted octanol–water partition coefficient (Wildman–Crippen LogP) is 3.59. The number of rotatable bonds is 2. The fourth-order valence-electron chi connectivity index (χ4n) is 2.77. The highest BCUT2D eigenvalue weighted by atomic mass is 19.1. The van der Waals surface area contributed by atoms with Gasteiger partial charge in [-0.2, -0.15) is 0 Å². The van der Waals surface area contributed by atoms with Gasteiger partial charge in [-0.3, -0.25) is 4.79 Å². The molecule has 3 rings (SSSR count). The van der Waals surface area contributed by atoms with Crippen LogP contribution in [-0.4, -0.2) is 11.0 Å². The number of carbonyl (C=O) groups is 1. The van der Waals surface area contributed by atoms with E-state index in [2.05, 4.69) is 5.32 Å². The van der Waals surface area contributed by atoms with Crippen molar-refractivity contribution in [2.45, 2.75) is 25.4 Å². The molecular formula is C17H15F2NO2. The number of aliphatic hydroxyl groups excluding tert-OH is 1. The second-order valence-electron chi connectivity index (χ2n) is 5.37. The molecule has 1 atom stereocenters. The summed E-state index contributed by atoms with van der Waals surface area (Å²) in [5.41, 5.74) is 1.66. The van der Waals surface area contributed by atoms with E-state index in [-0.39, 0.29) is 0 Å². The third-order valence-electron chi connectivity index (χ3n) is 3.87. The highest BCUT2D eigenvalue weighted by Crippen LogP contribution is 2.31. The van der Waals surface area contributed by atoms with E-state index in [1.54, 1.807) is 18.2 Å². The van der Waals surface area contributed by atoms with Gasteiger partial charge >= 0.3 is 0 Å². The molecule has 22 heavy (non-hydrogen) atoms. The molecular weight excluding hydrogens is 288 g/mol. The summed E-state index contributed by atoms with van der Waals surface area (Å²) in [4.78, 5) is 12.0. The highest BCUT2D eigenvalue weighted by Gasteiger charge is 2.20. The van der Waals surface area contributed by atoms with Crippen LogP contribution in [-0.2, 0) is 6.42 Å². The molecule has 3 nitrogen and oxygen atoms in total. The van der Waals surface area contributed by atoms with Crippen molar-refractivity contribution in [1.82, 2.24) is 0 Å². The largest absolute Gasteiger partial charge is 0.388 e. The Kier molecular flexibility index (Phi) is 3.90. The number of anilines is 1. The van der Waals surface area contributed by atoms with Gasteiger partial charge in [0.2, 0.25) is 0 Å². The van der Waals surface area contributed by atoms with Crippen molar-refractivity contribution >= 4 is 11.6 Å². The molecule has 0 heterocycles. The van der Waals surface area contributed by atoms with Crippen LogP contribution >= 0.6 is 0 Å². The second kappa shape index (κ2) is 5.85. The van der Waals surface area contributed by atoms with Gasteiger partial charge in [0.1, 0.15) is 17.2 Å². The molecule has 0 spiro atoms. The minimum atomic E-state index is -0.897. The van der Waals surface area contributed by atoms with Gasteiger partial charge in [-0.1, -0.05) is 12.1 Å². The maximum Gasteiger partial charge on any atom is 0.261 e. The first-order valence-electron chi connectivity index (χ1n) is 7.12. The normalized spacial score (nSPS) is 17.0. The van der Waals surface area contributed by atoms with Crippen molar-refractivity contribution in [1.29, 1.82) is 0 Å². The maximum atomic E-state index is 13.6. The number of halogens is 2. The number of hydrogen-bond donors (Lipinski definition) is 2. The maximum absolute atomic E-state index is 13.6. The molecule has 1 amide bonds. The van der Waals surface area contributed by atoms with E-state index in [9.17, 15) is 18.7 Å². The fraction of sp³-hybridized carbons (Fsp3) is 0.235. The van der Waals surface area contributed by atoms with Crippen LogP contribution in [0.2, 0.25) is 0 Å². The molecule has 1 aliphatic carbocycles.